The molecule has 47 heavy (non-hydrogen) atoms. The summed E-state index contributed by atoms with van der Waals surface area (Å²) in [5, 5.41) is 4.77. The van der Waals surface area contributed by atoms with Crippen molar-refractivity contribution in [1.82, 2.24) is 14.1 Å². The molecular weight excluding hydrogens is 574 g/mol. The smallest absolute Gasteiger partial charge is 0.228 e. The van der Waals surface area contributed by atoms with Crippen LogP contribution in [-0.4, -0.2) is 14.1 Å². The molecule has 7 aromatic carbocycles. The summed E-state index contributed by atoms with van der Waals surface area (Å²) >= 11 is 0. The third-order valence-corrected chi connectivity index (χ3v) is 9.35. The Hall–Kier alpha value is -6.39. The van der Waals surface area contributed by atoms with Crippen molar-refractivity contribution < 1.29 is 4.42 Å². The molecule has 0 fully saturated rings. The van der Waals surface area contributed by atoms with Crippen LogP contribution in [0.1, 0.15) is 0 Å². The summed E-state index contributed by atoms with van der Waals surface area (Å²) in [6.45, 7) is 0. The van der Waals surface area contributed by atoms with Gasteiger partial charge in [-0.15, -0.1) is 0 Å². The minimum Gasteiger partial charge on any atom is -0.436 e. The van der Waals surface area contributed by atoms with E-state index in [1.165, 1.54) is 27.2 Å². The first kappa shape index (κ1) is 25.9. The number of fused-ring (bicyclic) bond motifs is 7. The summed E-state index contributed by atoms with van der Waals surface area (Å²) in [6.07, 6.45) is 0. The van der Waals surface area contributed by atoms with Crippen LogP contribution in [0.3, 0.4) is 0 Å². The zero-order valence-electron chi connectivity index (χ0n) is 25.3. The van der Waals surface area contributed by atoms with Crippen LogP contribution < -0.4 is 0 Å². The van der Waals surface area contributed by atoms with Crippen LogP contribution in [0.4, 0.5) is 0 Å². The molecule has 0 spiro atoms. The first-order chi connectivity index (χ1) is 23.3. The fraction of sp³-hybridized carbons (Fsp3) is 0. The molecule has 4 nitrogen and oxygen atoms in total. The van der Waals surface area contributed by atoms with Crippen LogP contribution in [0.25, 0.3) is 88.7 Å². The maximum absolute atomic E-state index is 6.65. The van der Waals surface area contributed by atoms with Crippen molar-refractivity contribution in [1.29, 1.82) is 0 Å². The Kier molecular flexibility index (Phi) is 5.54. The molecule has 0 atom stereocenters. The lowest BCUT2D eigenvalue weighted by molar-refractivity contribution is 0.621. The van der Waals surface area contributed by atoms with Crippen LogP contribution in [0.2, 0.25) is 0 Å². The third kappa shape index (κ3) is 3.85. The van der Waals surface area contributed by atoms with Gasteiger partial charge in [-0.2, -0.15) is 0 Å². The first-order valence-electron chi connectivity index (χ1n) is 15.9. The highest BCUT2D eigenvalue weighted by molar-refractivity contribution is 6.16. The molecule has 0 aliphatic rings. The van der Waals surface area contributed by atoms with Gasteiger partial charge < -0.3 is 13.6 Å². The zero-order valence-corrected chi connectivity index (χ0v) is 25.3. The Morgan fingerprint density at radius 2 is 1.04 bits per heavy atom. The molecule has 3 heterocycles. The highest BCUT2D eigenvalue weighted by Gasteiger charge is 2.20. The van der Waals surface area contributed by atoms with Gasteiger partial charge in [-0.3, -0.25) is 0 Å². The Balaban J connectivity index is 1.18. The van der Waals surface area contributed by atoms with Gasteiger partial charge in [0.15, 0.2) is 5.58 Å². The molecule has 0 bridgehead atoms. The number of nitrogens with zero attached hydrogens (tertiary/aromatic N) is 3. The van der Waals surface area contributed by atoms with E-state index >= 15 is 0 Å². The Bertz CT molecular complexity index is 2780. The van der Waals surface area contributed by atoms with Gasteiger partial charge in [-0.05, 0) is 66.2 Å². The molecular formula is C43H27N3O. The van der Waals surface area contributed by atoms with Crippen LogP contribution in [0.5, 0.6) is 0 Å². The second-order valence-corrected chi connectivity index (χ2v) is 12.0. The number of rotatable bonds is 4. The summed E-state index contributed by atoms with van der Waals surface area (Å²) in [6, 6.07) is 57.7. The summed E-state index contributed by atoms with van der Waals surface area (Å²) < 4.78 is 11.3. The van der Waals surface area contributed by atoms with Crippen molar-refractivity contribution in [3.05, 3.63) is 164 Å². The average molecular weight is 602 g/mol. The monoisotopic (exact) mass is 601 g/mol. The van der Waals surface area contributed by atoms with E-state index in [4.69, 9.17) is 9.40 Å². The van der Waals surface area contributed by atoms with Gasteiger partial charge in [0.2, 0.25) is 5.89 Å². The molecule has 0 N–H and O–H groups in total. The van der Waals surface area contributed by atoms with Crippen LogP contribution in [-0.2, 0) is 0 Å². The average Bonchev–Trinajstić information content (AvgIpc) is 3.82. The van der Waals surface area contributed by atoms with E-state index in [-0.39, 0.29) is 0 Å². The fourth-order valence-corrected chi connectivity index (χ4v) is 7.36. The molecule has 0 radical (unpaired) electrons. The van der Waals surface area contributed by atoms with Gasteiger partial charge >= 0.3 is 0 Å². The second kappa shape index (κ2) is 10.1. The van der Waals surface area contributed by atoms with Gasteiger partial charge in [0.25, 0.3) is 0 Å². The first-order valence-corrected chi connectivity index (χ1v) is 15.9. The summed E-state index contributed by atoms with van der Waals surface area (Å²) in [5.41, 5.74) is 11.7. The zero-order chi connectivity index (χ0) is 30.9. The van der Waals surface area contributed by atoms with E-state index in [9.17, 15) is 0 Å². The van der Waals surface area contributed by atoms with Crippen LogP contribution in [0.15, 0.2) is 168 Å². The number of oxazole rings is 1. The van der Waals surface area contributed by atoms with Crippen molar-refractivity contribution >= 4 is 54.7 Å². The van der Waals surface area contributed by atoms with Crippen molar-refractivity contribution in [2.75, 3.05) is 0 Å². The minimum absolute atomic E-state index is 0.621. The molecule has 4 heteroatoms. The lowest BCUT2D eigenvalue weighted by Gasteiger charge is -2.11. The van der Waals surface area contributed by atoms with Gasteiger partial charge in [0, 0.05) is 44.0 Å². The number of hydrogen-bond acceptors (Lipinski definition) is 2. The largest absolute Gasteiger partial charge is 0.436 e. The number of aromatic nitrogens is 3. The van der Waals surface area contributed by atoms with E-state index < -0.39 is 0 Å². The summed E-state index contributed by atoms with van der Waals surface area (Å²) in [4.78, 5) is 5.04. The summed E-state index contributed by atoms with van der Waals surface area (Å²) in [7, 11) is 0. The number of benzene rings is 7. The lowest BCUT2D eigenvalue weighted by atomic mass is 10.0. The van der Waals surface area contributed by atoms with Crippen molar-refractivity contribution in [3.63, 3.8) is 0 Å². The van der Waals surface area contributed by atoms with Gasteiger partial charge in [-0.25, -0.2) is 4.98 Å². The van der Waals surface area contributed by atoms with E-state index in [1.54, 1.807) is 0 Å². The topological polar surface area (TPSA) is 35.9 Å². The quantitative estimate of drug-likeness (QED) is 0.201. The highest BCUT2D eigenvalue weighted by Crippen LogP contribution is 2.41. The molecule has 0 amide bonds. The second-order valence-electron chi connectivity index (χ2n) is 12.0. The van der Waals surface area contributed by atoms with Crippen LogP contribution >= 0.6 is 0 Å². The van der Waals surface area contributed by atoms with Crippen LogP contribution in [0, 0.1) is 0 Å². The Morgan fingerprint density at radius 3 is 1.83 bits per heavy atom. The van der Waals surface area contributed by atoms with E-state index in [0.717, 1.165) is 55.6 Å². The number of hydrogen-bond donors (Lipinski definition) is 0. The standard InChI is InChI=1S/C43H27N3O/c1-3-13-29(14-4-1)45-38-23-10-8-18-34(38)41-35(21-12-24-39(41)45)43-44-36-26-25-28(27-40(36)47-43)31-19-11-20-33-32-17-7-9-22-37(32)46(42(31)33)30-15-5-2-6-16-30/h1-27H. The normalized spacial score (nSPS) is 11.8. The number of para-hydroxylation sites is 5. The molecule has 0 unspecified atom stereocenters. The molecule has 220 valence electrons. The van der Waals surface area contributed by atoms with Gasteiger partial charge in [0.1, 0.15) is 5.52 Å². The maximum Gasteiger partial charge on any atom is 0.228 e. The van der Waals surface area contributed by atoms with Crippen molar-refractivity contribution in [2.24, 2.45) is 0 Å². The molecule has 0 aliphatic carbocycles. The summed E-state index contributed by atoms with van der Waals surface area (Å²) in [5.74, 6) is 0.621. The van der Waals surface area contributed by atoms with E-state index in [2.05, 4.69) is 173 Å². The maximum atomic E-state index is 6.65. The van der Waals surface area contributed by atoms with Gasteiger partial charge in [-0.1, -0.05) is 103 Å². The molecule has 0 aliphatic heterocycles. The Morgan fingerprint density at radius 1 is 0.447 bits per heavy atom. The molecule has 3 aromatic heterocycles. The third-order valence-electron chi connectivity index (χ3n) is 9.35. The Labute approximate surface area is 270 Å². The minimum atomic E-state index is 0.621. The molecule has 0 saturated heterocycles. The predicted molar refractivity (Wildman–Crippen MR) is 194 cm³/mol. The molecule has 0 saturated carbocycles. The fourth-order valence-electron chi connectivity index (χ4n) is 7.36. The lowest BCUT2D eigenvalue weighted by Crippen LogP contribution is -1.95. The van der Waals surface area contributed by atoms with E-state index in [0.29, 0.717) is 5.89 Å². The van der Waals surface area contributed by atoms with Gasteiger partial charge in [0.05, 0.1) is 22.1 Å². The van der Waals surface area contributed by atoms with Crippen molar-refractivity contribution in [2.45, 2.75) is 0 Å². The predicted octanol–water partition coefficient (Wildman–Crippen LogP) is 11.4. The SMILES string of the molecule is c1ccc(-n2c3ccccc3c3c(-c4nc5ccc(-c6cccc7c8ccccc8n(-c8ccccc8)c67)cc5o4)cccc32)cc1. The highest BCUT2D eigenvalue weighted by atomic mass is 16.3. The van der Waals surface area contributed by atoms with E-state index in [1.807, 2.05) is 0 Å². The molecule has 10 aromatic rings. The molecule has 10 rings (SSSR count). The van der Waals surface area contributed by atoms with Crippen molar-refractivity contribution in [3.8, 4) is 34.0 Å².